The molecule has 4 nitrogen and oxygen atoms in total. The Labute approximate surface area is 166 Å². The van der Waals surface area contributed by atoms with Crippen LogP contribution >= 0.6 is 0 Å². The summed E-state index contributed by atoms with van der Waals surface area (Å²) in [6.07, 6.45) is 5.58. The Hall–Kier alpha value is -0.832. The molecule has 0 spiro atoms. The van der Waals surface area contributed by atoms with Crippen molar-refractivity contribution in [2.24, 2.45) is 5.92 Å². The van der Waals surface area contributed by atoms with E-state index in [9.17, 15) is 4.79 Å². The van der Waals surface area contributed by atoms with Gasteiger partial charge < -0.3 is 4.74 Å². The second kappa shape index (κ2) is 10.5. The van der Waals surface area contributed by atoms with Crippen molar-refractivity contribution in [3.8, 4) is 0 Å². The van der Waals surface area contributed by atoms with Gasteiger partial charge in [0.1, 0.15) is 0 Å². The van der Waals surface area contributed by atoms with Crippen LogP contribution in [0.25, 0.3) is 0 Å². The summed E-state index contributed by atoms with van der Waals surface area (Å²) in [6, 6.07) is 10.8. The van der Waals surface area contributed by atoms with E-state index in [2.05, 4.69) is 40.1 Å². The molecular formula is C21H33AsN2O2. The summed E-state index contributed by atoms with van der Waals surface area (Å²) in [7, 11) is 0. The molecule has 0 aliphatic carbocycles. The first kappa shape index (κ1) is 19.9. The quantitative estimate of drug-likeness (QED) is 0.633. The van der Waals surface area contributed by atoms with Crippen LogP contribution in [0.4, 0.5) is 0 Å². The van der Waals surface area contributed by atoms with Gasteiger partial charge in [0, 0.05) is 0 Å². The van der Waals surface area contributed by atoms with Crippen LogP contribution in [0, 0.1) is 5.92 Å². The van der Waals surface area contributed by atoms with Gasteiger partial charge in [0.15, 0.2) is 0 Å². The second-order valence-corrected chi connectivity index (χ2v) is 9.62. The molecular weight excluding hydrogens is 387 g/mol. The second-order valence-electron chi connectivity index (χ2n) is 7.65. The third-order valence-electron chi connectivity index (χ3n) is 5.64. The molecule has 2 atom stereocenters. The summed E-state index contributed by atoms with van der Waals surface area (Å²) >= 11 is 1.87. The molecule has 0 radical (unpaired) electrons. The van der Waals surface area contributed by atoms with Crippen LogP contribution < -0.4 is 0 Å². The Kier molecular flexibility index (Phi) is 8.04. The average Bonchev–Trinajstić information content (AvgIpc) is 2.69. The monoisotopic (exact) mass is 420 g/mol. The zero-order chi connectivity index (χ0) is 18.2. The predicted octanol–water partition coefficient (Wildman–Crippen LogP) is 2.00. The minimum absolute atomic E-state index is 0.205. The van der Waals surface area contributed by atoms with Crippen molar-refractivity contribution < 1.29 is 9.53 Å². The molecule has 5 heteroatoms. The van der Waals surface area contributed by atoms with Crippen molar-refractivity contribution in [2.75, 3.05) is 45.9 Å². The number of carbonyl (C=O) groups is 1. The number of amides is 1. The van der Waals surface area contributed by atoms with Gasteiger partial charge >= 0.3 is 162 Å². The van der Waals surface area contributed by atoms with E-state index in [1.165, 1.54) is 31.4 Å². The van der Waals surface area contributed by atoms with E-state index in [4.69, 9.17) is 4.74 Å². The van der Waals surface area contributed by atoms with E-state index >= 15 is 0 Å². The number of ether oxygens (including phenoxy) is 1. The van der Waals surface area contributed by atoms with Gasteiger partial charge in [-0.1, -0.05) is 0 Å². The molecule has 26 heavy (non-hydrogen) atoms. The zero-order valence-electron chi connectivity index (χ0n) is 15.8. The molecule has 3 rings (SSSR count). The maximum atomic E-state index is 12.6. The molecule has 2 unspecified atom stereocenters. The van der Waals surface area contributed by atoms with E-state index in [1.54, 1.807) is 0 Å². The van der Waals surface area contributed by atoms with Crippen LogP contribution in [0.5, 0.6) is 0 Å². The fraction of sp³-hybridized carbons (Fsp3) is 0.667. The van der Waals surface area contributed by atoms with E-state index < -0.39 is 0 Å². The van der Waals surface area contributed by atoms with Gasteiger partial charge in [-0.05, 0) is 0 Å². The Morgan fingerprint density at radius 2 is 1.81 bits per heavy atom. The SMILES string of the molecule is O=C(C1CCOCC1)N1CCN(CCCC([AsH2])Cc2ccccc2)CC1. The van der Waals surface area contributed by atoms with Crippen LogP contribution in [-0.4, -0.2) is 78.5 Å². The van der Waals surface area contributed by atoms with Crippen molar-refractivity contribution in [1.29, 1.82) is 0 Å². The van der Waals surface area contributed by atoms with Crippen molar-refractivity contribution in [2.45, 2.75) is 36.8 Å². The molecule has 2 fully saturated rings. The molecule has 0 N–H and O–H groups in total. The van der Waals surface area contributed by atoms with Gasteiger partial charge in [0.25, 0.3) is 0 Å². The fourth-order valence-electron chi connectivity index (χ4n) is 3.99. The van der Waals surface area contributed by atoms with E-state index in [0.29, 0.717) is 5.91 Å². The van der Waals surface area contributed by atoms with Crippen LogP contribution in [0.2, 0.25) is 4.71 Å². The Bertz CT molecular complexity index is 540. The van der Waals surface area contributed by atoms with Crippen LogP contribution in [0.1, 0.15) is 31.2 Å². The number of hydrogen-bond donors (Lipinski definition) is 0. The third-order valence-corrected chi connectivity index (χ3v) is 6.84. The zero-order valence-corrected chi connectivity index (χ0v) is 18.2. The molecule has 2 heterocycles. The van der Waals surface area contributed by atoms with Crippen LogP contribution in [0.3, 0.4) is 0 Å². The molecule has 0 bridgehead atoms. The molecule has 0 saturated carbocycles. The van der Waals surface area contributed by atoms with E-state index in [-0.39, 0.29) is 5.92 Å². The van der Waals surface area contributed by atoms with Crippen LogP contribution in [-0.2, 0) is 16.0 Å². The van der Waals surface area contributed by atoms with E-state index in [1.807, 2.05) is 16.9 Å². The number of piperazine rings is 1. The van der Waals surface area contributed by atoms with Gasteiger partial charge in [-0.25, -0.2) is 0 Å². The van der Waals surface area contributed by atoms with Crippen LogP contribution in [0.15, 0.2) is 30.3 Å². The van der Waals surface area contributed by atoms with Gasteiger partial charge in [-0.3, -0.25) is 0 Å². The summed E-state index contributed by atoms with van der Waals surface area (Å²) in [5, 5.41) is 0. The van der Waals surface area contributed by atoms with Gasteiger partial charge in [-0.15, -0.1) is 0 Å². The Morgan fingerprint density at radius 3 is 2.50 bits per heavy atom. The van der Waals surface area contributed by atoms with E-state index in [0.717, 1.165) is 56.9 Å². The summed E-state index contributed by atoms with van der Waals surface area (Å²) < 4.78 is 6.17. The van der Waals surface area contributed by atoms with Crippen molar-refractivity contribution >= 4 is 22.8 Å². The van der Waals surface area contributed by atoms with Gasteiger partial charge in [0.05, 0.1) is 0 Å². The molecule has 2 saturated heterocycles. The molecule has 2 aliphatic rings. The van der Waals surface area contributed by atoms with Crippen molar-refractivity contribution in [1.82, 2.24) is 9.80 Å². The standard InChI is InChI=1S/C21H33AsN2O2/c22-20(17-18-5-2-1-3-6-18)7-4-10-23-11-13-24(14-12-23)21(25)19-8-15-26-16-9-19/h1-3,5-6,19-20H,4,7-17,22H2. The number of carbonyl (C=O) groups excluding carboxylic acids is 1. The Balaban J connectivity index is 1.31. The minimum atomic E-state index is 0.205. The average molecular weight is 420 g/mol. The molecule has 0 aromatic heterocycles. The first-order valence-electron chi connectivity index (χ1n) is 10.1. The molecule has 144 valence electrons. The first-order valence-corrected chi connectivity index (χ1v) is 11.5. The fourth-order valence-corrected chi connectivity index (χ4v) is 5.06. The van der Waals surface area contributed by atoms with Crippen molar-refractivity contribution in [3.63, 3.8) is 0 Å². The molecule has 2 aliphatic heterocycles. The summed E-state index contributed by atoms with van der Waals surface area (Å²) in [5.41, 5.74) is 1.46. The molecule has 1 aromatic carbocycles. The number of rotatable bonds is 7. The Morgan fingerprint density at radius 1 is 1.12 bits per heavy atom. The summed E-state index contributed by atoms with van der Waals surface area (Å²) in [4.78, 5) is 17.2. The topological polar surface area (TPSA) is 32.8 Å². The first-order chi connectivity index (χ1) is 12.7. The summed E-state index contributed by atoms with van der Waals surface area (Å²) in [6.45, 7) is 6.55. The molecule has 1 aromatic rings. The van der Waals surface area contributed by atoms with Gasteiger partial charge in [-0.2, -0.15) is 0 Å². The third kappa shape index (κ3) is 6.11. The number of nitrogens with zero attached hydrogens (tertiary/aromatic N) is 2. The predicted molar refractivity (Wildman–Crippen MR) is 108 cm³/mol. The molecule has 1 amide bonds. The number of hydrogen-bond acceptors (Lipinski definition) is 3. The van der Waals surface area contributed by atoms with Crippen molar-refractivity contribution in [3.05, 3.63) is 35.9 Å². The summed E-state index contributed by atoms with van der Waals surface area (Å²) in [5.74, 6) is 0.573. The normalized spacial score (nSPS) is 20.9. The van der Waals surface area contributed by atoms with Gasteiger partial charge in [0.2, 0.25) is 0 Å². The maximum absolute atomic E-state index is 12.6. The number of benzene rings is 1.